The number of hydrogen-bond donors (Lipinski definition) is 1. The van der Waals surface area contributed by atoms with E-state index in [2.05, 4.69) is 15.2 Å². The van der Waals surface area contributed by atoms with Crippen LogP contribution in [-0.2, 0) is 6.54 Å². The molecule has 3 rings (SSSR count). The van der Waals surface area contributed by atoms with Crippen molar-refractivity contribution >= 4 is 17.5 Å². The second-order valence-electron chi connectivity index (χ2n) is 4.71. The van der Waals surface area contributed by atoms with Gasteiger partial charge in [-0.3, -0.25) is 4.79 Å². The van der Waals surface area contributed by atoms with Gasteiger partial charge in [-0.2, -0.15) is 0 Å². The molecule has 6 heteroatoms. The fourth-order valence-corrected chi connectivity index (χ4v) is 3.08. The minimum atomic E-state index is 0.0573. The second-order valence-corrected chi connectivity index (χ2v) is 5.65. The number of H-pyrrole nitrogens is 1. The van der Waals surface area contributed by atoms with Gasteiger partial charge in [0.05, 0.1) is 11.4 Å². The lowest BCUT2D eigenvalue weighted by atomic mass is 10.2. The maximum absolute atomic E-state index is 12.0. The molecule has 0 unspecified atom stereocenters. The van der Waals surface area contributed by atoms with Crippen LogP contribution >= 0.6 is 11.8 Å². The van der Waals surface area contributed by atoms with Gasteiger partial charge in [0.25, 0.3) is 0 Å². The molecule has 22 heavy (non-hydrogen) atoms. The van der Waals surface area contributed by atoms with Crippen molar-refractivity contribution < 1.29 is 4.79 Å². The smallest absolute Gasteiger partial charge is 0.191 e. The minimum absolute atomic E-state index is 0.0573. The Kier molecular flexibility index (Phi) is 4.39. The first-order valence-electron chi connectivity index (χ1n) is 7.07. The first kappa shape index (κ1) is 14.6. The van der Waals surface area contributed by atoms with Crippen molar-refractivity contribution in [1.82, 2.24) is 19.7 Å². The summed E-state index contributed by atoms with van der Waals surface area (Å²) in [6.45, 7) is 2.81. The summed E-state index contributed by atoms with van der Waals surface area (Å²) in [7, 11) is 0. The molecule has 3 aromatic rings. The van der Waals surface area contributed by atoms with Gasteiger partial charge in [-0.25, -0.2) is 0 Å². The Labute approximate surface area is 132 Å². The number of rotatable bonds is 6. The molecule has 0 amide bonds. The molecular formula is C16H16N4OS. The number of carbonyl (C=O) groups is 1. The van der Waals surface area contributed by atoms with Crippen molar-refractivity contribution in [3.63, 3.8) is 0 Å². The number of nitrogens with one attached hydrogen (secondary N) is 1. The first-order chi connectivity index (χ1) is 10.8. The predicted octanol–water partition coefficient (Wildman–Crippen LogP) is 3.27. The van der Waals surface area contributed by atoms with Crippen molar-refractivity contribution in [2.75, 3.05) is 5.75 Å². The first-order valence-corrected chi connectivity index (χ1v) is 8.06. The van der Waals surface area contributed by atoms with Crippen LogP contribution in [0.4, 0.5) is 0 Å². The van der Waals surface area contributed by atoms with E-state index in [1.54, 1.807) is 12.3 Å². The van der Waals surface area contributed by atoms with Crippen LogP contribution < -0.4 is 0 Å². The molecule has 0 saturated heterocycles. The Morgan fingerprint density at radius 1 is 1.18 bits per heavy atom. The van der Waals surface area contributed by atoms with Gasteiger partial charge in [0.1, 0.15) is 0 Å². The highest BCUT2D eigenvalue weighted by Crippen LogP contribution is 2.24. The van der Waals surface area contributed by atoms with Gasteiger partial charge in [0, 0.05) is 18.3 Å². The molecule has 0 bridgehead atoms. The Morgan fingerprint density at radius 2 is 2.00 bits per heavy atom. The summed E-state index contributed by atoms with van der Waals surface area (Å²) in [5.41, 5.74) is 1.65. The molecule has 0 spiro atoms. The average Bonchev–Trinajstić information content (AvgIpc) is 3.22. The molecule has 112 valence electrons. The van der Waals surface area contributed by atoms with Crippen LogP contribution in [0.15, 0.2) is 53.8 Å². The Hall–Kier alpha value is -2.34. The van der Waals surface area contributed by atoms with Gasteiger partial charge in [0.15, 0.2) is 16.8 Å². The Morgan fingerprint density at radius 3 is 2.68 bits per heavy atom. The van der Waals surface area contributed by atoms with Crippen molar-refractivity contribution in [2.45, 2.75) is 18.6 Å². The number of aromatic amines is 1. The summed E-state index contributed by atoms with van der Waals surface area (Å²) >= 11 is 1.41. The van der Waals surface area contributed by atoms with Crippen LogP contribution in [0.25, 0.3) is 11.4 Å². The maximum Gasteiger partial charge on any atom is 0.191 e. The summed E-state index contributed by atoms with van der Waals surface area (Å²) in [5, 5.41) is 9.27. The fraction of sp³-hybridized carbons (Fsp3) is 0.188. The molecule has 5 nitrogen and oxygen atoms in total. The van der Waals surface area contributed by atoms with Gasteiger partial charge in [-0.05, 0) is 19.1 Å². The number of hydrogen-bond acceptors (Lipinski definition) is 4. The summed E-state index contributed by atoms with van der Waals surface area (Å²) < 4.78 is 2.03. The van der Waals surface area contributed by atoms with E-state index in [-0.39, 0.29) is 5.78 Å². The number of benzene rings is 1. The highest BCUT2D eigenvalue weighted by Gasteiger charge is 2.15. The van der Waals surface area contributed by atoms with Crippen LogP contribution in [0.3, 0.4) is 0 Å². The van der Waals surface area contributed by atoms with Gasteiger partial charge in [-0.1, -0.05) is 42.1 Å². The lowest BCUT2D eigenvalue weighted by Crippen LogP contribution is -2.05. The summed E-state index contributed by atoms with van der Waals surface area (Å²) in [6, 6.07) is 13.5. The normalized spacial score (nSPS) is 10.8. The summed E-state index contributed by atoms with van der Waals surface area (Å²) in [4.78, 5) is 15.0. The number of aromatic nitrogens is 4. The van der Waals surface area contributed by atoms with Gasteiger partial charge < -0.3 is 9.55 Å². The molecule has 0 aliphatic heterocycles. The highest BCUT2D eigenvalue weighted by molar-refractivity contribution is 7.99. The maximum atomic E-state index is 12.0. The molecule has 2 heterocycles. The van der Waals surface area contributed by atoms with Crippen LogP contribution in [0.2, 0.25) is 0 Å². The minimum Gasteiger partial charge on any atom is -0.359 e. The third-order valence-corrected chi connectivity index (χ3v) is 4.26. The zero-order valence-corrected chi connectivity index (χ0v) is 13.0. The van der Waals surface area contributed by atoms with Gasteiger partial charge >= 0.3 is 0 Å². The van der Waals surface area contributed by atoms with E-state index in [0.717, 1.165) is 23.1 Å². The fourth-order valence-electron chi connectivity index (χ4n) is 2.19. The molecule has 0 aliphatic carbocycles. The molecule has 2 aromatic heterocycles. The molecule has 0 fully saturated rings. The molecule has 0 atom stereocenters. The van der Waals surface area contributed by atoms with E-state index < -0.39 is 0 Å². The number of carbonyl (C=O) groups excluding carboxylic acids is 1. The zero-order chi connectivity index (χ0) is 15.4. The van der Waals surface area contributed by atoms with Crippen LogP contribution in [0.1, 0.15) is 17.4 Å². The third kappa shape index (κ3) is 2.96. The summed E-state index contributed by atoms with van der Waals surface area (Å²) in [5.74, 6) is 1.23. The molecule has 1 N–H and O–H groups in total. The van der Waals surface area contributed by atoms with E-state index >= 15 is 0 Å². The van der Waals surface area contributed by atoms with E-state index in [0.29, 0.717) is 11.4 Å². The predicted molar refractivity (Wildman–Crippen MR) is 87.0 cm³/mol. The van der Waals surface area contributed by atoms with Crippen LogP contribution in [-0.4, -0.2) is 31.3 Å². The van der Waals surface area contributed by atoms with E-state index in [9.17, 15) is 4.79 Å². The van der Waals surface area contributed by atoms with Gasteiger partial charge in [-0.15, -0.1) is 10.2 Å². The molecule has 1 aromatic carbocycles. The Balaban J connectivity index is 1.78. The average molecular weight is 312 g/mol. The molecule has 0 saturated carbocycles. The second kappa shape index (κ2) is 6.62. The molecule has 0 radical (unpaired) electrons. The summed E-state index contributed by atoms with van der Waals surface area (Å²) in [6.07, 6.45) is 1.75. The number of Topliss-reactive ketones (excluding diaryl/α,β-unsaturated/α-hetero) is 1. The van der Waals surface area contributed by atoms with Crippen molar-refractivity contribution in [3.05, 3.63) is 54.4 Å². The topological polar surface area (TPSA) is 63.6 Å². The number of nitrogens with zero attached hydrogens (tertiary/aromatic N) is 3. The lowest BCUT2D eigenvalue weighted by Gasteiger charge is -2.06. The monoisotopic (exact) mass is 312 g/mol. The third-order valence-electron chi connectivity index (χ3n) is 3.30. The van der Waals surface area contributed by atoms with Crippen molar-refractivity contribution in [2.24, 2.45) is 0 Å². The van der Waals surface area contributed by atoms with Crippen LogP contribution in [0, 0.1) is 0 Å². The molecule has 0 aliphatic rings. The molecular weight excluding hydrogens is 296 g/mol. The van der Waals surface area contributed by atoms with E-state index in [4.69, 9.17) is 0 Å². The number of ketones is 1. The highest BCUT2D eigenvalue weighted by atomic mass is 32.2. The Bertz CT molecular complexity index is 750. The van der Waals surface area contributed by atoms with Crippen molar-refractivity contribution in [1.29, 1.82) is 0 Å². The standard InChI is InChI=1S/C16H16N4OS/c1-2-20-15(12-7-4-3-5-8-12)18-19-16(20)22-11-14(21)13-9-6-10-17-13/h3-10,17H,2,11H2,1H3. The largest absolute Gasteiger partial charge is 0.359 e. The van der Waals surface area contributed by atoms with Crippen LogP contribution in [0.5, 0.6) is 0 Å². The van der Waals surface area contributed by atoms with E-state index in [1.807, 2.05) is 47.9 Å². The number of thioether (sulfide) groups is 1. The van der Waals surface area contributed by atoms with Gasteiger partial charge in [0.2, 0.25) is 0 Å². The SMILES string of the molecule is CCn1c(SCC(=O)c2ccc[nH]2)nnc1-c1ccccc1. The van der Waals surface area contributed by atoms with Crippen molar-refractivity contribution in [3.8, 4) is 11.4 Å². The quantitative estimate of drug-likeness (QED) is 0.560. The zero-order valence-electron chi connectivity index (χ0n) is 12.2. The lowest BCUT2D eigenvalue weighted by molar-refractivity contribution is 0.101. The van der Waals surface area contributed by atoms with E-state index in [1.165, 1.54) is 11.8 Å².